The van der Waals surface area contributed by atoms with Gasteiger partial charge in [-0.25, -0.2) is 9.37 Å². The Morgan fingerprint density at radius 1 is 1.20 bits per heavy atom. The summed E-state index contributed by atoms with van der Waals surface area (Å²) in [6, 6.07) is 12.5. The van der Waals surface area contributed by atoms with Crippen LogP contribution in [-0.2, 0) is 9.53 Å². The van der Waals surface area contributed by atoms with E-state index in [-0.39, 0.29) is 23.9 Å². The molecule has 0 saturated carbocycles. The van der Waals surface area contributed by atoms with Gasteiger partial charge in [0.15, 0.2) is 5.16 Å². The summed E-state index contributed by atoms with van der Waals surface area (Å²) in [5.41, 5.74) is 0.747. The molecule has 3 rings (SSSR count). The van der Waals surface area contributed by atoms with Crippen LogP contribution in [-0.4, -0.2) is 27.9 Å². The number of aromatic nitrogens is 2. The molecule has 3 aromatic rings. The molecule has 0 amide bonds. The van der Waals surface area contributed by atoms with Crippen molar-refractivity contribution in [1.82, 2.24) is 9.55 Å². The third kappa shape index (κ3) is 3.71. The maximum Gasteiger partial charge on any atom is 0.316 e. The molecule has 1 heterocycles. The Hall–Kier alpha value is -2.67. The average Bonchev–Trinajstić information content (AvgIpc) is 2.61. The standard InChI is InChI=1S/C18H15FN2O3S/c1-2-24-16(22)11-25-18-20-15-6-4-3-5-14(15)17(23)21(18)13-9-7-12(19)8-10-13/h3-10H,2,11H2,1H3. The van der Waals surface area contributed by atoms with Crippen molar-refractivity contribution < 1.29 is 13.9 Å². The molecule has 0 unspecified atom stereocenters. The fourth-order valence-electron chi connectivity index (χ4n) is 2.35. The molecule has 2 aromatic carbocycles. The normalized spacial score (nSPS) is 10.8. The van der Waals surface area contributed by atoms with Gasteiger partial charge in [0.05, 0.1) is 29.0 Å². The molecule has 0 spiro atoms. The first-order chi connectivity index (χ1) is 12.1. The summed E-state index contributed by atoms with van der Waals surface area (Å²) in [5, 5.41) is 0.802. The van der Waals surface area contributed by atoms with Gasteiger partial charge in [-0.1, -0.05) is 23.9 Å². The largest absolute Gasteiger partial charge is 0.465 e. The second kappa shape index (κ2) is 7.48. The number of thioether (sulfide) groups is 1. The maximum absolute atomic E-state index is 13.2. The number of hydrogen-bond donors (Lipinski definition) is 0. The maximum atomic E-state index is 13.2. The van der Waals surface area contributed by atoms with Gasteiger partial charge >= 0.3 is 5.97 Å². The van der Waals surface area contributed by atoms with E-state index in [2.05, 4.69) is 4.98 Å². The van der Waals surface area contributed by atoms with Crippen LogP contribution < -0.4 is 5.56 Å². The SMILES string of the molecule is CCOC(=O)CSc1nc2ccccc2c(=O)n1-c1ccc(F)cc1. The van der Waals surface area contributed by atoms with Crippen LogP contribution in [0.3, 0.4) is 0 Å². The monoisotopic (exact) mass is 358 g/mol. The summed E-state index contributed by atoms with van der Waals surface area (Å²) in [6.07, 6.45) is 0. The molecule has 0 aliphatic carbocycles. The first-order valence-corrected chi connectivity index (χ1v) is 8.65. The summed E-state index contributed by atoms with van der Waals surface area (Å²) >= 11 is 1.11. The summed E-state index contributed by atoms with van der Waals surface area (Å²) in [5.74, 6) is -0.758. The van der Waals surface area contributed by atoms with Crippen molar-refractivity contribution in [3.63, 3.8) is 0 Å². The third-order valence-electron chi connectivity index (χ3n) is 3.45. The highest BCUT2D eigenvalue weighted by Gasteiger charge is 2.15. The second-order valence-corrected chi connectivity index (χ2v) is 6.06. The zero-order chi connectivity index (χ0) is 17.8. The Morgan fingerprint density at radius 3 is 2.64 bits per heavy atom. The number of rotatable bonds is 5. The predicted octanol–water partition coefficient (Wildman–Crippen LogP) is 3.18. The lowest BCUT2D eigenvalue weighted by Crippen LogP contribution is -2.22. The van der Waals surface area contributed by atoms with Crippen molar-refractivity contribution in [2.75, 3.05) is 12.4 Å². The summed E-state index contributed by atoms with van der Waals surface area (Å²) in [4.78, 5) is 29.0. The number of carbonyl (C=O) groups excluding carboxylic acids is 1. The molecule has 25 heavy (non-hydrogen) atoms. The van der Waals surface area contributed by atoms with Crippen LogP contribution in [0.25, 0.3) is 16.6 Å². The van der Waals surface area contributed by atoms with Crippen molar-refractivity contribution in [3.05, 3.63) is 64.7 Å². The number of ether oxygens (including phenoxy) is 1. The Morgan fingerprint density at radius 2 is 1.92 bits per heavy atom. The zero-order valence-corrected chi connectivity index (χ0v) is 14.3. The topological polar surface area (TPSA) is 61.2 Å². The first kappa shape index (κ1) is 17.2. The highest BCUT2D eigenvalue weighted by Crippen LogP contribution is 2.21. The number of carbonyl (C=O) groups is 1. The van der Waals surface area contributed by atoms with Gasteiger partial charge in [-0.05, 0) is 43.3 Å². The van der Waals surface area contributed by atoms with E-state index in [4.69, 9.17) is 4.74 Å². The predicted molar refractivity (Wildman–Crippen MR) is 94.7 cm³/mol. The minimum atomic E-state index is -0.397. The Balaban J connectivity index is 2.12. The van der Waals surface area contributed by atoms with Gasteiger partial charge in [0.25, 0.3) is 5.56 Å². The van der Waals surface area contributed by atoms with Gasteiger partial charge < -0.3 is 4.74 Å². The van der Waals surface area contributed by atoms with Crippen LogP contribution in [0, 0.1) is 5.82 Å². The number of benzene rings is 2. The number of hydrogen-bond acceptors (Lipinski definition) is 5. The van der Waals surface area contributed by atoms with E-state index in [9.17, 15) is 14.0 Å². The minimum Gasteiger partial charge on any atom is -0.465 e. The lowest BCUT2D eigenvalue weighted by atomic mass is 10.2. The molecular weight excluding hydrogens is 343 g/mol. The fraction of sp³-hybridized carbons (Fsp3) is 0.167. The van der Waals surface area contributed by atoms with Crippen molar-refractivity contribution in [1.29, 1.82) is 0 Å². The number of fused-ring (bicyclic) bond motifs is 1. The summed E-state index contributed by atoms with van der Waals surface area (Å²) in [6.45, 7) is 2.01. The van der Waals surface area contributed by atoms with Crippen LogP contribution in [0.4, 0.5) is 4.39 Å². The van der Waals surface area contributed by atoms with Gasteiger partial charge in [0.2, 0.25) is 0 Å². The molecular formula is C18H15FN2O3S. The molecule has 0 bridgehead atoms. The van der Waals surface area contributed by atoms with Gasteiger partial charge in [-0.2, -0.15) is 0 Å². The van der Waals surface area contributed by atoms with Crippen LogP contribution in [0.5, 0.6) is 0 Å². The van der Waals surface area contributed by atoms with Gasteiger partial charge in [0.1, 0.15) is 5.82 Å². The lowest BCUT2D eigenvalue weighted by Gasteiger charge is -2.13. The Bertz CT molecular complexity index is 970. The van der Waals surface area contributed by atoms with Gasteiger partial charge in [0, 0.05) is 0 Å². The second-order valence-electron chi connectivity index (χ2n) is 5.12. The first-order valence-electron chi connectivity index (χ1n) is 7.66. The smallest absolute Gasteiger partial charge is 0.316 e. The number of para-hydroxylation sites is 1. The van der Waals surface area contributed by atoms with Crippen LogP contribution >= 0.6 is 11.8 Å². The lowest BCUT2D eigenvalue weighted by molar-refractivity contribution is -0.139. The highest BCUT2D eigenvalue weighted by molar-refractivity contribution is 7.99. The van der Waals surface area contributed by atoms with Crippen LogP contribution in [0.1, 0.15) is 6.92 Å². The Labute approximate surface area is 147 Å². The number of esters is 1. The van der Waals surface area contributed by atoms with E-state index < -0.39 is 5.82 Å². The molecule has 0 fully saturated rings. The van der Waals surface area contributed by atoms with Crippen molar-refractivity contribution in [3.8, 4) is 5.69 Å². The zero-order valence-electron chi connectivity index (χ0n) is 13.4. The molecule has 0 atom stereocenters. The molecule has 0 radical (unpaired) electrons. The van der Waals surface area contributed by atoms with E-state index >= 15 is 0 Å². The van der Waals surface area contributed by atoms with Gasteiger partial charge in [-0.15, -0.1) is 0 Å². The van der Waals surface area contributed by atoms with E-state index in [1.165, 1.54) is 28.8 Å². The molecule has 1 aromatic heterocycles. The molecule has 0 saturated heterocycles. The average molecular weight is 358 g/mol. The van der Waals surface area contributed by atoms with E-state index in [0.29, 0.717) is 21.7 Å². The third-order valence-corrected chi connectivity index (χ3v) is 4.37. The van der Waals surface area contributed by atoms with Crippen molar-refractivity contribution in [2.45, 2.75) is 12.1 Å². The van der Waals surface area contributed by atoms with E-state index in [0.717, 1.165) is 11.8 Å². The minimum absolute atomic E-state index is 0.0276. The molecule has 7 heteroatoms. The molecule has 0 N–H and O–H groups in total. The van der Waals surface area contributed by atoms with Crippen LogP contribution in [0.15, 0.2) is 58.5 Å². The fourth-order valence-corrected chi connectivity index (χ4v) is 3.16. The summed E-state index contributed by atoms with van der Waals surface area (Å²) < 4.78 is 19.5. The Kier molecular flexibility index (Phi) is 5.14. The summed E-state index contributed by atoms with van der Waals surface area (Å²) in [7, 11) is 0. The number of halogens is 1. The molecule has 0 aliphatic rings. The van der Waals surface area contributed by atoms with E-state index in [1.54, 1.807) is 31.2 Å². The van der Waals surface area contributed by atoms with E-state index in [1.807, 2.05) is 0 Å². The number of nitrogens with zero attached hydrogens (tertiary/aromatic N) is 2. The quantitative estimate of drug-likeness (QED) is 0.398. The molecule has 128 valence electrons. The molecule has 5 nitrogen and oxygen atoms in total. The van der Waals surface area contributed by atoms with Crippen molar-refractivity contribution >= 4 is 28.6 Å². The van der Waals surface area contributed by atoms with Crippen LogP contribution in [0.2, 0.25) is 0 Å². The highest BCUT2D eigenvalue weighted by atomic mass is 32.2. The molecule has 0 aliphatic heterocycles. The van der Waals surface area contributed by atoms with Crippen molar-refractivity contribution in [2.24, 2.45) is 0 Å². The van der Waals surface area contributed by atoms with Gasteiger partial charge in [-0.3, -0.25) is 14.2 Å².